The number of ether oxygens (including phenoxy) is 3. The van der Waals surface area contributed by atoms with E-state index < -0.39 is 0 Å². The summed E-state index contributed by atoms with van der Waals surface area (Å²) in [5, 5.41) is 7.07. The summed E-state index contributed by atoms with van der Waals surface area (Å²) in [7, 11) is 1.71. The summed E-state index contributed by atoms with van der Waals surface area (Å²) < 4.78 is 16.6. The Bertz CT molecular complexity index is 700. The minimum atomic E-state index is -0.00151. The summed E-state index contributed by atoms with van der Waals surface area (Å²) in [6, 6.07) is 8.49. The fourth-order valence-corrected chi connectivity index (χ4v) is 4.41. The Balaban J connectivity index is 0.00000363. The number of guanidine groups is 1. The van der Waals surface area contributed by atoms with E-state index in [2.05, 4.69) is 60.6 Å². The second-order valence-electron chi connectivity index (χ2n) is 9.08. The Labute approximate surface area is 210 Å². The van der Waals surface area contributed by atoms with Gasteiger partial charge in [-0.25, -0.2) is 0 Å². The van der Waals surface area contributed by atoms with Gasteiger partial charge < -0.3 is 24.8 Å². The predicted octanol–water partition coefficient (Wildman–Crippen LogP) is 3.03. The normalized spacial score (nSPS) is 19.7. The summed E-state index contributed by atoms with van der Waals surface area (Å²) in [6.07, 6.45) is 1.98. The number of methoxy groups -OCH3 is 1. The lowest BCUT2D eigenvalue weighted by atomic mass is 9.74. The van der Waals surface area contributed by atoms with Crippen LogP contribution in [0.3, 0.4) is 0 Å². The topological polar surface area (TPSA) is 67.4 Å². The molecule has 0 radical (unpaired) electrons. The Morgan fingerprint density at radius 2 is 1.69 bits per heavy atom. The monoisotopic (exact) mass is 560 g/mol. The molecule has 8 heteroatoms. The van der Waals surface area contributed by atoms with Crippen molar-refractivity contribution in [3.8, 4) is 5.75 Å². The molecule has 0 aromatic heterocycles. The van der Waals surface area contributed by atoms with Crippen LogP contribution in [0, 0.1) is 0 Å². The molecule has 0 aliphatic carbocycles. The van der Waals surface area contributed by atoms with Crippen molar-refractivity contribution in [2.75, 3.05) is 66.3 Å². The quantitative estimate of drug-likeness (QED) is 0.290. The first-order valence-electron chi connectivity index (χ1n) is 11.6. The summed E-state index contributed by atoms with van der Waals surface area (Å²) >= 11 is 0. The van der Waals surface area contributed by atoms with E-state index in [9.17, 15) is 0 Å². The molecule has 2 fully saturated rings. The zero-order valence-electron chi connectivity index (χ0n) is 20.1. The summed E-state index contributed by atoms with van der Waals surface area (Å²) in [4.78, 5) is 7.43. The number of halogens is 1. The number of nitrogens with one attached hydrogen (secondary N) is 2. The Kier molecular flexibility index (Phi) is 11.0. The second kappa shape index (κ2) is 13.0. The van der Waals surface area contributed by atoms with Gasteiger partial charge in [-0.3, -0.25) is 9.89 Å². The number of hydrogen-bond donors (Lipinski definition) is 2. The summed E-state index contributed by atoms with van der Waals surface area (Å²) in [5.74, 6) is 1.77. The van der Waals surface area contributed by atoms with E-state index in [1.807, 2.05) is 0 Å². The van der Waals surface area contributed by atoms with Crippen LogP contribution in [0.4, 0.5) is 0 Å². The number of morpholine rings is 1. The number of hydrogen-bond acceptors (Lipinski definition) is 5. The molecule has 3 rings (SSSR count). The lowest BCUT2D eigenvalue weighted by Gasteiger charge is -2.40. The Hall–Kier alpha value is -1.10. The molecule has 2 aliphatic rings. The van der Waals surface area contributed by atoms with Crippen molar-refractivity contribution in [1.82, 2.24) is 15.5 Å². The lowest BCUT2D eigenvalue weighted by Crippen LogP contribution is -2.52. The number of benzene rings is 1. The fraction of sp³-hybridized carbons (Fsp3) is 0.708. The van der Waals surface area contributed by atoms with Gasteiger partial charge >= 0.3 is 0 Å². The third-order valence-electron chi connectivity index (χ3n) is 6.58. The molecule has 0 bridgehead atoms. The Morgan fingerprint density at radius 3 is 2.28 bits per heavy atom. The molecule has 0 unspecified atom stereocenters. The highest BCUT2D eigenvalue weighted by molar-refractivity contribution is 14.0. The SMILES string of the molecule is CCNC(=NCC(C)(C)N1CCOCC1)NCC1(c2ccc(OC)cc2)CCOCC1.I. The van der Waals surface area contributed by atoms with Gasteiger partial charge in [0, 0.05) is 50.3 Å². The lowest BCUT2D eigenvalue weighted by molar-refractivity contribution is -0.00684. The third kappa shape index (κ3) is 7.20. The highest BCUT2D eigenvalue weighted by Gasteiger charge is 2.35. The smallest absolute Gasteiger partial charge is 0.191 e. The summed E-state index contributed by atoms with van der Waals surface area (Å²) in [5.41, 5.74) is 1.35. The van der Waals surface area contributed by atoms with Crippen molar-refractivity contribution >= 4 is 29.9 Å². The van der Waals surface area contributed by atoms with Gasteiger partial charge in [0.1, 0.15) is 5.75 Å². The third-order valence-corrected chi connectivity index (χ3v) is 6.58. The van der Waals surface area contributed by atoms with E-state index in [0.29, 0.717) is 0 Å². The standard InChI is InChI=1S/C24H40N4O3.HI/c1-5-25-22(26-18-23(2,3)28-12-16-31-17-13-28)27-19-24(10-14-30-15-11-24)20-6-8-21(29-4)9-7-20;/h6-9H,5,10-19H2,1-4H3,(H2,25,26,27);1H. The highest BCUT2D eigenvalue weighted by atomic mass is 127. The molecular weight excluding hydrogens is 519 g/mol. The molecule has 2 N–H and O–H groups in total. The van der Waals surface area contributed by atoms with Crippen molar-refractivity contribution < 1.29 is 14.2 Å². The van der Waals surface area contributed by atoms with Crippen molar-refractivity contribution in [2.24, 2.45) is 4.99 Å². The van der Waals surface area contributed by atoms with Gasteiger partial charge in [0.15, 0.2) is 5.96 Å². The van der Waals surface area contributed by atoms with Crippen LogP contribution >= 0.6 is 24.0 Å². The zero-order chi connectivity index (χ0) is 22.2. The van der Waals surface area contributed by atoms with E-state index in [1.165, 1.54) is 5.56 Å². The Morgan fingerprint density at radius 1 is 1.06 bits per heavy atom. The van der Waals surface area contributed by atoms with Crippen molar-refractivity contribution in [3.05, 3.63) is 29.8 Å². The highest BCUT2D eigenvalue weighted by Crippen LogP contribution is 2.35. The van der Waals surface area contributed by atoms with Crippen LogP contribution in [0.5, 0.6) is 5.75 Å². The van der Waals surface area contributed by atoms with E-state index in [1.54, 1.807) is 7.11 Å². The first-order chi connectivity index (χ1) is 15.0. The molecule has 0 atom stereocenters. The van der Waals surface area contributed by atoms with Crippen molar-refractivity contribution in [3.63, 3.8) is 0 Å². The van der Waals surface area contributed by atoms with E-state index in [0.717, 1.165) is 83.7 Å². The number of nitrogens with zero attached hydrogens (tertiary/aromatic N) is 2. The number of rotatable bonds is 8. The van der Waals surface area contributed by atoms with Crippen LogP contribution in [-0.2, 0) is 14.9 Å². The predicted molar refractivity (Wildman–Crippen MR) is 141 cm³/mol. The largest absolute Gasteiger partial charge is 0.497 e. The molecule has 0 spiro atoms. The van der Waals surface area contributed by atoms with Gasteiger partial charge in [0.2, 0.25) is 0 Å². The molecular formula is C24H41IN4O3. The van der Waals surface area contributed by atoms with Crippen LogP contribution in [0.2, 0.25) is 0 Å². The molecule has 32 heavy (non-hydrogen) atoms. The molecule has 2 heterocycles. The molecule has 1 aromatic rings. The molecule has 2 aliphatic heterocycles. The molecule has 0 saturated carbocycles. The van der Waals surface area contributed by atoms with Crippen LogP contribution in [0.1, 0.15) is 39.2 Å². The van der Waals surface area contributed by atoms with Gasteiger partial charge in [-0.1, -0.05) is 12.1 Å². The zero-order valence-corrected chi connectivity index (χ0v) is 22.4. The van der Waals surface area contributed by atoms with Gasteiger partial charge in [0.25, 0.3) is 0 Å². The van der Waals surface area contributed by atoms with Crippen LogP contribution in [0.15, 0.2) is 29.3 Å². The van der Waals surface area contributed by atoms with Crippen molar-refractivity contribution in [1.29, 1.82) is 0 Å². The maximum absolute atomic E-state index is 5.69. The van der Waals surface area contributed by atoms with Crippen LogP contribution in [-0.4, -0.2) is 82.7 Å². The second-order valence-corrected chi connectivity index (χ2v) is 9.08. The van der Waals surface area contributed by atoms with Crippen LogP contribution < -0.4 is 15.4 Å². The van der Waals surface area contributed by atoms with E-state index in [-0.39, 0.29) is 34.9 Å². The van der Waals surface area contributed by atoms with E-state index in [4.69, 9.17) is 19.2 Å². The van der Waals surface area contributed by atoms with Gasteiger partial charge in [0.05, 0.1) is 26.9 Å². The first-order valence-corrected chi connectivity index (χ1v) is 11.6. The molecule has 2 saturated heterocycles. The summed E-state index contributed by atoms with van der Waals surface area (Å²) in [6.45, 7) is 14.1. The minimum absolute atomic E-state index is 0. The van der Waals surface area contributed by atoms with E-state index >= 15 is 0 Å². The maximum Gasteiger partial charge on any atom is 0.191 e. The molecule has 182 valence electrons. The minimum Gasteiger partial charge on any atom is -0.497 e. The van der Waals surface area contributed by atoms with Gasteiger partial charge in [-0.05, 0) is 51.3 Å². The average Bonchev–Trinajstić information content (AvgIpc) is 2.82. The molecule has 0 amide bonds. The number of aliphatic imine (C=N–C) groups is 1. The average molecular weight is 561 g/mol. The van der Waals surface area contributed by atoms with Crippen molar-refractivity contribution in [2.45, 2.75) is 44.6 Å². The maximum atomic E-state index is 5.69. The first kappa shape index (κ1) is 27.1. The van der Waals surface area contributed by atoms with Gasteiger partial charge in [-0.15, -0.1) is 24.0 Å². The van der Waals surface area contributed by atoms with Crippen LogP contribution in [0.25, 0.3) is 0 Å². The molecule has 7 nitrogen and oxygen atoms in total. The fourth-order valence-electron chi connectivity index (χ4n) is 4.41. The molecule has 1 aromatic carbocycles. The van der Waals surface area contributed by atoms with Gasteiger partial charge in [-0.2, -0.15) is 0 Å².